The molecule has 2 aliphatic heterocycles. The van der Waals surface area contributed by atoms with Crippen LogP contribution in [0.25, 0.3) is 0 Å². The lowest BCUT2D eigenvalue weighted by Gasteiger charge is -2.61. The fourth-order valence-corrected chi connectivity index (χ4v) is 5.65. The molecule has 0 aromatic heterocycles. The van der Waals surface area contributed by atoms with Crippen molar-refractivity contribution in [2.45, 2.75) is 43.4 Å². The number of hydrogen-bond donors (Lipinski definition) is 1. The van der Waals surface area contributed by atoms with Crippen molar-refractivity contribution in [3.63, 3.8) is 0 Å². The number of likely N-dealkylation sites (N-methyl/N-ethyl adjacent to an activating group) is 1. The van der Waals surface area contributed by atoms with Gasteiger partial charge in [0.25, 0.3) is 0 Å². The van der Waals surface area contributed by atoms with Gasteiger partial charge in [0.2, 0.25) is 0 Å². The van der Waals surface area contributed by atoms with Crippen molar-refractivity contribution >= 4 is 0 Å². The van der Waals surface area contributed by atoms with Gasteiger partial charge in [-0.2, -0.15) is 0 Å². The lowest BCUT2D eigenvalue weighted by atomic mass is 9.53. The summed E-state index contributed by atoms with van der Waals surface area (Å²) in [6.07, 6.45) is 4.45. The van der Waals surface area contributed by atoms with Crippen molar-refractivity contribution < 1.29 is 19.2 Å². The van der Waals surface area contributed by atoms with Gasteiger partial charge in [-0.1, -0.05) is 18.2 Å². The van der Waals surface area contributed by atoms with E-state index in [0.717, 1.165) is 24.3 Å². The number of benzene rings is 1. The van der Waals surface area contributed by atoms with Crippen molar-refractivity contribution in [3.8, 4) is 11.5 Å². The van der Waals surface area contributed by atoms with Crippen LogP contribution in [-0.4, -0.2) is 48.2 Å². The Labute approximate surface area is 141 Å². The lowest BCUT2D eigenvalue weighted by Crippen LogP contribution is -2.69. The van der Waals surface area contributed by atoms with Gasteiger partial charge in [0.1, 0.15) is 12.2 Å². The number of aliphatic hydroxyl groups is 1. The maximum absolute atomic E-state index is 13.1. The van der Waals surface area contributed by atoms with E-state index in [0.29, 0.717) is 13.2 Å². The summed E-state index contributed by atoms with van der Waals surface area (Å²) >= 11 is 0. The molecule has 1 spiro atoms. The second-order valence-electron chi connectivity index (χ2n) is 7.76. The summed E-state index contributed by atoms with van der Waals surface area (Å²) in [5, 5.41) is 23.7. The zero-order chi connectivity index (χ0) is 16.7. The van der Waals surface area contributed by atoms with Crippen LogP contribution in [0.15, 0.2) is 24.3 Å². The number of rotatable bonds is 2. The molecule has 0 amide bonds. The maximum Gasteiger partial charge on any atom is 0.166 e. The quantitative estimate of drug-likeness (QED) is 0.511. The Morgan fingerprint density at radius 3 is 3.04 bits per heavy atom. The minimum absolute atomic E-state index is 0.00927. The molecule has 2 aliphatic carbocycles. The van der Waals surface area contributed by atoms with E-state index in [1.807, 2.05) is 19.1 Å². The number of nitrogens with zero attached hydrogens (tertiary/aromatic N) is 1. The normalized spacial score (nSPS) is 44.0. The highest BCUT2D eigenvalue weighted by Crippen LogP contribution is 2.63. The van der Waals surface area contributed by atoms with Crippen LogP contribution in [0.3, 0.4) is 0 Å². The summed E-state index contributed by atoms with van der Waals surface area (Å²) in [7, 11) is 1.79. The SMILES string of the molecule is CCOc1ccc2c3c1O[C@H]1[C@@H](O)C=C[C@H]4[C@@H](C2)[N+](C)([O-])CC[C@@]341. The molecule has 6 atom stereocenters. The van der Waals surface area contributed by atoms with E-state index in [9.17, 15) is 10.3 Å². The highest BCUT2D eigenvalue weighted by Gasteiger charge is 2.66. The molecule has 1 N–H and O–H groups in total. The minimum atomic E-state index is -0.641. The predicted molar refractivity (Wildman–Crippen MR) is 88.9 cm³/mol. The molecule has 0 radical (unpaired) electrons. The van der Waals surface area contributed by atoms with Gasteiger partial charge < -0.3 is 24.4 Å². The molecule has 0 saturated carbocycles. The van der Waals surface area contributed by atoms with E-state index in [4.69, 9.17) is 9.47 Å². The van der Waals surface area contributed by atoms with E-state index < -0.39 is 6.10 Å². The third kappa shape index (κ3) is 1.56. The van der Waals surface area contributed by atoms with Crippen LogP contribution in [0.4, 0.5) is 0 Å². The molecule has 1 aromatic rings. The first kappa shape index (κ1) is 14.8. The molecule has 1 fully saturated rings. The van der Waals surface area contributed by atoms with Gasteiger partial charge in [0, 0.05) is 24.3 Å². The monoisotopic (exact) mass is 329 g/mol. The predicted octanol–water partition coefficient (Wildman–Crippen LogP) is 1.90. The highest BCUT2D eigenvalue weighted by atomic mass is 16.6. The summed E-state index contributed by atoms with van der Waals surface area (Å²) in [6, 6.07) is 4.04. The van der Waals surface area contributed by atoms with Crippen molar-refractivity contribution in [2.24, 2.45) is 5.92 Å². The number of hydrogen-bond acceptors (Lipinski definition) is 4. The van der Waals surface area contributed by atoms with Crippen molar-refractivity contribution in [3.05, 3.63) is 40.6 Å². The summed E-state index contributed by atoms with van der Waals surface area (Å²) < 4.78 is 11.9. The van der Waals surface area contributed by atoms with E-state index in [-0.39, 0.29) is 28.1 Å². The molecule has 5 nitrogen and oxygen atoms in total. The Morgan fingerprint density at radius 2 is 2.25 bits per heavy atom. The van der Waals surface area contributed by atoms with Crippen LogP contribution < -0.4 is 9.47 Å². The molecule has 2 heterocycles. The van der Waals surface area contributed by atoms with Crippen LogP contribution in [-0.2, 0) is 11.8 Å². The Hall–Kier alpha value is -1.56. The molecule has 4 aliphatic rings. The molecule has 128 valence electrons. The average Bonchev–Trinajstić information content (AvgIpc) is 2.91. The van der Waals surface area contributed by atoms with Crippen LogP contribution in [0.2, 0.25) is 0 Å². The van der Waals surface area contributed by atoms with Gasteiger partial charge in [-0.05, 0) is 18.6 Å². The molecule has 2 bridgehead atoms. The van der Waals surface area contributed by atoms with E-state index in [1.165, 1.54) is 11.1 Å². The van der Waals surface area contributed by atoms with Crippen molar-refractivity contribution in [1.82, 2.24) is 0 Å². The summed E-state index contributed by atoms with van der Waals surface area (Å²) in [5.41, 5.74) is 2.11. The first-order chi connectivity index (χ1) is 11.5. The van der Waals surface area contributed by atoms with E-state index in [2.05, 4.69) is 12.1 Å². The number of hydroxylamine groups is 3. The van der Waals surface area contributed by atoms with Crippen LogP contribution in [0.5, 0.6) is 11.5 Å². The van der Waals surface area contributed by atoms with Gasteiger partial charge in [-0.3, -0.25) is 0 Å². The van der Waals surface area contributed by atoms with Crippen LogP contribution >= 0.6 is 0 Å². The molecular weight excluding hydrogens is 306 g/mol. The smallest absolute Gasteiger partial charge is 0.166 e. The fourth-order valence-electron chi connectivity index (χ4n) is 5.65. The van der Waals surface area contributed by atoms with Gasteiger partial charge in [0.15, 0.2) is 11.5 Å². The van der Waals surface area contributed by atoms with Gasteiger partial charge in [-0.25, -0.2) is 0 Å². The number of piperidine rings is 1. The largest absolute Gasteiger partial charge is 0.633 e. The summed E-state index contributed by atoms with van der Waals surface area (Å²) in [4.78, 5) is 0. The summed E-state index contributed by atoms with van der Waals surface area (Å²) in [5.74, 6) is 1.68. The molecule has 1 aromatic carbocycles. The highest BCUT2D eigenvalue weighted by molar-refractivity contribution is 5.61. The summed E-state index contributed by atoms with van der Waals surface area (Å²) in [6.45, 7) is 3.11. The average molecular weight is 329 g/mol. The molecule has 5 rings (SSSR count). The zero-order valence-corrected chi connectivity index (χ0v) is 14.1. The third-order valence-electron chi connectivity index (χ3n) is 6.66. The molecule has 5 heteroatoms. The number of quaternary nitrogens is 1. The molecular formula is C19H23NO4. The number of ether oxygens (including phenoxy) is 2. The second kappa shape index (κ2) is 4.54. The first-order valence-electron chi connectivity index (χ1n) is 8.87. The molecule has 1 unspecified atom stereocenters. The van der Waals surface area contributed by atoms with Gasteiger partial charge in [0.05, 0.1) is 31.7 Å². The van der Waals surface area contributed by atoms with Gasteiger partial charge in [-0.15, -0.1) is 0 Å². The Morgan fingerprint density at radius 1 is 1.42 bits per heavy atom. The van der Waals surface area contributed by atoms with Crippen LogP contribution in [0.1, 0.15) is 24.5 Å². The van der Waals surface area contributed by atoms with Crippen LogP contribution in [0, 0.1) is 11.1 Å². The van der Waals surface area contributed by atoms with Gasteiger partial charge >= 0.3 is 0 Å². The van der Waals surface area contributed by atoms with Crippen molar-refractivity contribution in [2.75, 3.05) is 20.2 Å². The number of aliphatic hydroxyl groups excluding tert-OH is 1. The standard InChI is InChI=1S/C19H23NO4/c1-3-23-15-7-4-11-10-13-12-5-6-14(21)18-19(12,8-9-20(13,2)22)16(11)17(15)24-18/h4-7,12-14,18,21H,3,8-10H2,1-2H3/t12-,13+,14-,18-,19-,20?/m0/s1. The Bertz CT molecular complexity index is 743. The molecule has 1 saturated heterocycles. The fraction of sp³-hybridized carbons (Fsp3) is 0.579. The Kier molecular flexibility index (Phi) is 2.79. The van der Waals surface area contributed by atoms with Crippen molar-refractivity contribution in [1.29, 1.82) is 0 Å². The zero-order valence-electron chi connectivity index (χ0n) is 14.1. The lowest BCUT2D eigenvalue weighted by molar-refractivity contribution is -0.898. The van der Waals surface area contributed by atoms with E-state index >= 15 is 0 Å². The topological polar surface area (TPSA) is 61.8 Å². The molecule has 24 heavy (non-hydrogen) atoms. The minimum Gasteiger partial charge on any atom is -0.633 e. The third-order valence-corrected chi connectivity index (χ3v) is 6.66. The second-order valence-corrected chi connectivity index (χ2v) is 7.76. The maximum atomic E-state index is 13.1. The first-order valence-corrected chi connectivity index (χ1v) is 8.87. The Balaban J connectivity index is 1.78. The van der Waals surface area contributed by atoms with E-state index in [1.54, 1.807) is 7.05 Å². The number of likely N-dealkylation sites (tertiary alicyclic amines) is 1.